The first-order valence-electron chi connectivity index (χ1n) is 9.52. The number of piperazine rings is 1. The maximum absolute atomic E-state index is 12.8. The minimum Gasteiger partial charge on any atom is -0.451 e. The van der Waals surface area contributed by atoms with Crippen LogP contribution in [0.15, 0.2) is 59.0 Å². The molecule has 2 heterocycles. The molecule has 0 radical (unpaired) electrons. The number of rotatable bonds is 3. The highest BCUT2D eigenvalue weighted by atomic mass is 16.6. The van der Waals surface area contributed by atoms with Gasteiger partial charge in [-0.1, -0.05) is 18.2 Å². The van der Waals surface area contributed by atoms with Gasteiger partial charge >= 0.3 is 6.03 Å². The summed E-state index contributed by atoms with van der Waals surface area (Å²) in [5.74, 6) is 0.0839. The van der Waals surface area contributed by atoms with Gasteiger partial charge in [0.2, 0.25) is 0 Å². The molecule has 1 aliphatic heterocycles. The van der Waals surface area contributed by atoms with Crippen molar-refractivity contribution >= 4 is 34.3 Å². The highest BCUT2D eigenvalue weighted by Gasteiger charge is 2.31. The zero-order valence-corrected chi connectivity index (χ0v) is 16.3. The molecule has 4 rings (SSSR count). The van der Waals surface area contributed by atoms with Crippen LogP contribution in [0.1, 0.15) is 17.5 Å². The number of nitro groups is 1. The van der Waals surface area contributed by atoms with E-state index in [1.54, 1.807) is 15.9 Å². The van der Waals surface area contributed by atoms with Crippen LogP contribution in [0.3, 0.4) is 0 Å². The lowest BCUT2D eigenvalue weighted by molar-refractivity contribution is -0.384. The summed E-state index contributed by atoms with van der Waals surface area (Å²) in [7, 11) is 0. The monoisotopic (exact) mass is 408 g/mol. The summed E-state index contributed by atoms with van der Waals surface area (Å²) in [6.07, 6.45) is 0. The van der Waals surface area contributed by atoms with Crippen LogP contribution in [0.5, 0.6) is 0 Å². The van der Waals surface area contributed by atoms with Gasteiger partial charge in [0, 0.05) is 48.9 Å². The maximum Gasteiger partial charge on any atom is 0.322 e. The Bertz CT molecular complexity index is 1080. The first-order chi connectivity index (χ1) is 14.4. The van der Waals surface area contributed by atoms with E-state index in [0.717, 1.165) is 5.39 Å². The van der Waals surface area contributed by atoms with Gasteiger partial charge in [0.05, 0.1) is 4.92 Å². The minimum absolute atomic E-state index is 0.0425. The van der Waals surface area contributed by atoms with Gasteiger partial charge in [-0.05, 0) is 31.2 Å². The van der Waals surface area contributed by atoms with Crippen LogP contribution in [0, 0.1) is 10.1 Å². The molecule has 1 saturated heterocycles. The fraction of sp³-hybridized carbons (Fsp3) is 0.238. The Morgan fingerprint density at radius 1 is 1.13 bits per heavy atom. The quantitative estimate of drug-likeness (QED) is 0.525. The number of carbonyl (C=O) groups excluding carboxylic acids is 2. The molecule has 9 heteroatoms. The van der Waals surface area contributed by atoms with Gasteiger partial charge < -0.3 is 19.5 Å². The lowest BCUT2D eigenvalue weighted by Gasteiger charge is -2.39. The molecule has 1 atom stereocenters. The summed E-state index contributed by atoms with van der Waals surface area (Å²) >= 11 is 0. The third-order valence-corrected chi connectivity index (χ3v) is 5.14. The average molecular weight is 408 g/mol. The lowest BCUT2D eigenvalue weighted by atomic mass is 10.2. The summed E-state index contributed by atoms with van der Waals surface area (Å²) in [4.78, 5) is 39.0. The average Bonchev–Trinajstić information content (AvgIpc) is 3.17. The zero-order valence-electron chi connectivity index (χ0n) is 16.3. The van der Waals surface area contributed by atoms with Crippen LogP contribution in [0.2, 0.25) is 0 Å². The Labute approximate surface area is 172 Å². The predicted molar refractivity (Wildman–Crippen MR) is 110 cm³/mol. The highest BCUT2D eigenvalue weighted by Crippen LogP contribution is 2.22. The number of non-ortho nitro benzene ring substituents is 1. The Morgan fingerprint density at radius 2 is 1.87 bits per heavy atom. The third kappa shape index (κ3) is 3.82. The van der Waals surface area contributed by atoms with Gasteiger partial charge in [-0.3, -0.25) is 14.9 Å². The summed E-state index contributed by atoms with van der Waals surface area (Å²) in [5, 5.41) is 14.3. The van der Waals surface area contributed by atoms with Crippen LogP contribution >= 0.6 is 0 Å². The molecule has 1 aromatic heterocycles. The van der Waals surface area contributed by atoms with Gasteiger partial charge in [-0.25, -0.2) is 4.79 Å². The van der Waals surface area contributed by atoms with Crippen molar-refractivity contribution in [3.63, 3.8) is 0 Å². The normalized spacial score (nSPS) is 16.5. The molecule has 154 valence electrons. The highest BCUT2D eigenvalue weighted by molar-refractivity contribution is 5.96. The first kappa shape index (κ1) is 19.4. The van der Waals surface area contributed by atoms with E-state index in [4.69, 9.17) is 4.42 Å². The standard InChI is InChI=1S/C21H20N4O5/c1-14-13-23(20(26)19-12-15-4-2-3-5-18(15)30-19)10-11-24(14)21(27)22-16-6-8-17(9-7-16)25(28)29/h2-9,12,14H,10-11,13H2,1H3,(H,22,27). The number of para-hydroxylation sites is 1. The molecule has 1 fully saturated rings. The van der Waals surface area contributed by atoms with Gasteiger partial charge in [0.1, 0.15) is 5.58 Å². The first-order valence-corrected chi connectivity index (χ1v) is 9.52. The van der Waals surface area contributed by atoms with E-state index in [-0.39, 0.29) is 29.4 Å². The van der Waals surface area contributed by atoms with Crippen molar-refractivity contribution in [1.29, 1.82) is 0 Å². The Kier molecular flexibility index (Phi) is 5.09. The van der Waals surface area contributed by atoms with Crippen molar-refractivity contribution < 1.29 is 18.9 Å². The second-order valence-corrected chi connectivity index (χ2v) is 7.18. The van der Waals surface area contributed by atoms with E-state index in [9.17, 15) is 19.7 Å². The second-order valence-electron chi connectivity index (χ2n) is 7.18. The molecule has 0 spiro atoms. The van der Waals surface area contributed by atoms with E-state index < -0.39 is 4.92 Å². The molecule has 2 aromatic carbocycles. The number of hydrogen-bond donors (Lipinski definition) is 1. The number of nitrogens with one attached hydrogen (secondary N) is 1. The Balaban J connectivity index is 1.39. The summed E-state index contributed by atoms with van der Waals surface area (Å²) < 4.78 is 5.67. The molecule has 3 amide bonds. The number of amides is 3. The van der Waals surface area contributed by atoms with Crippen molar-refractivity contribution in [3.8, 4) is 0 Å². The van der Waals surface area contributed by atoms with E-state index in [1.807, 2.05) is 31.2 Å². The molecule has 1 N–H and O–H groups in total. The van der Waals surface area contributed by atoms with Gasteiger partial charge in [0.25, 0.3) is 11.6 Å². The SMILES string of the molecule is CC1CN(C(=O)c2cc3ccccc3o2)CCN1C(=O)Nc1ccc([N+](=O)[O-])cc1. The number of urea groups is 1. The Hall–Kier alpha value is -3.88. The van der Waals surface area contributed by atoms with Gasteiger partial charge in [-0.2, -0.15) is 0 Å². The number of benzene rings is 2. The lowest BCUT2D eigenvalue weighted by Crippen LogP contribution is -2.56. The van der Waals surface area contributed by atoms with Crippen LogP contribution < -0.4 is 5.32 Å². The number of furan rings is 1. The summed E-state index contributed by atoms with van der Waals surface area (Å²) in [5.41, 5.74) is 1.09. The fourth-order valence-corrected chi connectivity index (χ4v) is 3.55. The van der Waals surface area contributed by atoms with Crippen LogP contribution in [0.25, 0.3) is 11.0 Å². The summed E-state index contributed by atoms with van der Waals surface area (Å²) in [6.45, 7) is 3.00. The zero-order chi connectivity index (χ0) is 21.3. The molecule has 1 aliphatic rings. The molecule has 0 aliphatic carbocycles. The largest absolute Gasteiger partial charge is 0.451 e. The minimum atomic E-state index is -0.494. The number of nitro benzene ring substituents is 1. The third-order valence-electron chi connectivity index (χ3n) is 5.14. The van der Waals surface area contributed by atoms with Crippen LogP contribution in [0.4, 0.5) is 16.2 Å². The molecule has 30 heavy (non-hydrogen) atoms. The van der Waals surface area contributed by atoms with Crippen molar-refractivity contribution in [3.05, 3.63) is 70.5 Å². The van der Waals surface area contributed by atoms with Crippen molar-refractivity contribution in [2.75, 3.05) is 25.0 Å². The maximum atomic E-state index is 12.8. The molecule has 1 unspecified atom stereocenters. The van der Waals surface area contributed by atoms with E-state index in [2.05, 4.69) is 5.32 Å². The van der Waals surface area contributed by atoms with Gasteiger partial charge in [-0.15, -0.1) is 0 Å². The number of carbonyl (C=O) groups is 2. The van der Waals surface area contributed by atoms with E-state index in [1.165, 1.54) is 24.3 Å². The number of hydrogen-bond acceptors (Lipinski definition) is 5. The molecule has 0 bridgehead atoms. The molecule has 3 aromatic rings. The second kappa shape index (κ2) is 7.86. The van der Waals surface area contributed by atoms with Crippen LogP contribution in [-0.2, 0) is 0 Å². The molecule has 0 saturated carbocycles. The smallest absolute Gasteiger partial charge is 0.322 e. The predicted octanol–water partition coefficient (Wildman–Crippen LogP) is 3.72. The number of nitrogens with zero attached hydrogens (tertiary/aromatic N) is 3. The number of anilines is 1. The van der Waals surface area contributed by atoms with E-state index in [0.29, 0.717) is 30.9 Å². The molecular weight excluding hydrogens is 388 g/mol. The fourth-order valence-electron chi connectivity index (χ4n) is 3.55. The molecular formula is C21H20N4O5. The molecule has 9 nitrogen and oxygen atoms in total. The summed E-state index contributed by atoms with van der Waals surface area (Å²) in [6, 6.07) is 14.3. The topological polar surface area (TPSA) is 109 Å². The van der Waals surface area contributed by atoms with Gasteiger partial charge in [0.15, 0.2) is 5.76 Å². The number of fused-ring (bicyclic) bond motifs is 1. The van der Waals surface area contributed by atoms with Crippen LogP contribution in [-0.4, -0.2) is 52.3 Å². The van der Waals surface area contributed by atoms with Crippen molar-refractivity contribution in [1.82, 2.24) is 9.80 Å². The van der Waals surface area contributed by atoms with E-state index >= 15 is 0 Å². The van der Waals surface area contributed by atoms with Crippen molar-refractivity contribution in [2.45, 2.75) is 13.0 Å². The van der Waals surface area contributed by atoms with Crippen molar-refractivity contribution in [2.24, 2.45) is 0 Å². The Morgan fingerprint density at radius 3 is 2.53 bits per heavy atom.